The molecule has 0 unspecified atom stereocenters. The van der Waals surface area contributed by atoms with Gasteiger partial charge in [-0.25, -0.2) is 4.39 Å². The average molecular weight is 361 g/mol. The van der Waals surface area contributed by atoms with Crippen LogP contribution in [0.25, 0.3) is 10.9 Å². The van der Waals surface area contributed by atoms with E-state index in [-0.39, 0.29) is 17.8 Å². The molecule has 2 aromatic rings. The lowest BCUT2D eigenvalue weighted by molar-refractivity contribution is -0.121. The van der Waals surface area contributed by atoms with Crippen LogP contribution in [0.5, 0.6) is 0 Å². The molecule has 142 valence electrons. The summed E-state index contributed by atoms with van der Waals surface area (Å²) in [7, 11) is 0. The van der Waals surface area contributed by atoms with Crippen LogP contribution in [0.2, 0.25) is 0 Å². The molecule has 1 aromatic heterocycles. The number of fused-ring (bicyclic) bond motifs is 1. The van der Waals surface area contributed by atoms with Crippen molar-refractivity contribution in [3.63, 3.8) is 0 Å². The largest absolute Gasteiger partial charge is 0.361 e. The topological polar surface area (TPSA) is 81.3 Å². The van der Waals surface area contributed by atoms with Gasteiger partial charge in [-0.15, -0.1) is 0 Å². The van der Waals surface area contributed by atoms with Gasteiger partial charge in [0.25, 0.3) is 0 Å². The van der Waals surface area contributed by atoms with Crippen molar-refractivity contribution in [1.82, 2.24) is 20.9 Å². The molecular weight excluding hydrogens is 333 g/mol. The highest BCUT2D eigenvalue weighted by atomic mass is 19.1. The van der Waals surface area contributed by atoms with Crippen LogP contribution in [0.15, 0.2) is 29.4 Å². The minimum atomic E-state index is -0.235. The summed E-state index contributed by atoms with van der Waals surface area (Å²) in [5.41, 5.74) is 1.98. The Bertz CT molecular complexity index is 753. The Morgan fingerprint density at radius 3 is 2.85 bits per heavy atom. The first-order valence-corrected chi connectivity index (χ1v) is 9.06. The van der Waals surface area contributed by atoms with Gasteiger partial charge in [-0.1, -0.05) is 0 Å². The Hall–Kier alpha value is -2.57. The van der Waals surface area contributed by atoms with E-state index in [1.54, 1.807) is 12.1 Å². The second kappa shape index (κ2) is 9.79. The highest BCUT2D eigenvalue weighted by Crippen LogP contribution is 2.19. The number of H-pyrrole nitrogens is 1. The lowest BCUT2D eigenvalue weighted by Crippen LogP contribution is -2.38. The molecule has 1 heterocycles. The molecule has 1 amide bonds. The molecule has 0 spiro atoms. The quantitative estimate of drug-likeness (QED) is 0.430. The van der Waals surface area contributed by atoms with Gasteiger partial charge in [-0.05, 0) is 51.0 Å². The van der Waals surface area contributed by atoms with Gasteiger partial charge in [0.05, 0.1) is 6.54 Å². The number of carbonyl (C=O) groups is 1. The van der Waals surface area contributed by atoms with E-state index in [2.05, 4.69) is 25.9 Å². The second-order valence-corrected chi connectivity index (χ2v) is 6.41. The van der Waals surface area contributed by atoms with E-state index < -0.39 is 0 Å². The second-order valence-electron chi connectivity index (χ2n) is 6.41. The number of benzene rings is 1. The Kier molecular flexibility index (Phi) is 7.44. The van der Waals surface area contributed by atoms with Crippen molar-refractivity contribution in [1.29, 1.82) is 0 Å². The summed E-state index contributed by atoms with van der Waals surface area (Å²) >= 11 is 0. The number of guanidine groups is 1. The van der Waals surface area contributed by atoms with Gasteiger partial charge in [0.1, 0.15) is 5.82 Å². The molecule has 0 aliphatic rings. The van der Waals surface area contributed by atoms with Crippen molar-refractivity contribution in [2.75, 3.05) is 19.6 Å². The fourth-order valence-electron chi connectivity index (χ4n) is 2.68. The normalized spacial score (nSPS) is 11.8. The molecule has 26 heavy (non-hydrogen) atoms. The number of rotatable bonds is 8. The van der Waals surface area contributed by atoms with E-state index in [9.17, 15) is 9.18 Å². The van der Waals surface area contributed by atoms with Crippen LogP contribution in [-0.2, 0) is 11.2 Å². The van der Waals surface area contributed by atoms with Crippen molar-refractivity contribution in [3.8, 4) is 0 Å². The van der Waals surface area contributed by atoms with E-state index in [0.29, 0.717) is 25.5 Å². The molecule has 0 aliphatic carbocycles. The maximum atomic E-state index is 13.4. The van der Waals surface area contributed by atoms with Crippen molar-refractivity contribution in [2.24, 2.45) is 4.99 Å². The molecule has 0 saturated heterocycles. The number of aliphatic imine (C=N–C) groups is 1. The van der Waals surface area contributed by atoms with Gasteiger partial charge < -0.3 is 20.9 Å². The van der Waals surface area contributed by atoms with E-state index in [4.69, 9.17) is 0 Å². The van der Waals surface area contributed by atoms with E-state index in [1.807, 2.05) is 27.0 Å². The molecule has 7 heteroatoms. The maximum Gasteiger partial charge on any atom is 0.222 e. The number of halogens is 1. The molecular formula is C19H28FN5O. The number of hydrogen-bond donors (Lipinski definition) is 4. The molecule has 6 nitrogen and oxygen atoms in total. The number of nitrogens with zero attached hydrogens (tertiary/aromatic N) is 1. The summed E-state index contributed by atoms with van der Waals surface area (Å²) < 4.78 is 13.4. The Morgan fingerprint density at radius 2 is 2.12 bits per heavy atom. The number of nitrogens with one attached hydrogen (secondary N) is 4. The third kappa shape index (κ3) is 6.06. The van der Waals surface area contributed by atoms with E-state index in [0.717, 1.165) is 29.4 Å². The SMILES string of the molecule is CCNC(=NCCC(=O)NC(C)C)NCCc1c[nH]c2ccc(F)cc12. The van der Waals surface area contributed by atoms with Crippen LogP contribution >= 0.6 is 0 Å². The Morgan fingerprint density at radius 1 is 1.31 bits per heavy atom. The maximum absolute atomic E-state index is 13.4. The van der Waals surface area contributed by atoms with E-state index in [1.165, 1.54) is 6.07 Å². The van der Waals surface area contributed by atoms with Gasteiger partial charge >= 0.3 is 0 Å². The fraction of sp³-hybridized carbons (Fsp3) is 0.474. The highest BCUT2D eigenvalue weighted by molar-refractivity contribution is 5.83. The monoisotopic (exact) mass is 361 g/mol. The van der Waals surface area contributed by atoms with Crippen LogP contribution in [-0.4, -0.2) is 42.5 Å². The van der Waals surface area contributed by atoms with Crippen LogP contribution in [0, 0.1) is 5.82 Å². The number of amides is 1. The molecule has 0 fully saturated rings. The van der Waals surface area contributed by atoms with Gasteiger partial charge in [-0.2, -0.15) is 0 Å². The third-order valence-electron chi connectivity index (χ3n) is 3.82. The first-order chi connectivity index (χ1) is 12.5. The summed E-state index contributed by atoms with van der Waals surface area (Å²) in [6.45, 7) is 7.68. The molecule has 0 atom stereocenters. The van der Waals surface area contributed by atoms with Crippen molar-refractivity contribution in [2.45, 2.75) is 39.7 Å². The Balaban J connectivity index is 1.86. The van der Waals surface area contributed by atoms with Crippen molar-refractivity contribution in [3.05, 3.63) is 35.8 Å². The third-order valence-corrected chi connectivity index (χ3v) is 3.82. The standard InChI is InChI=1S/C19H28FN5O/c1-4-21-19(23-10-8-18(26)25-13(2)3)22-9-7-14-12-24-17-6-5-15(20)11-16(14)17/h5-6,11-13,24H,4,7-10H2,1-3H3,(H,25,26)(H2,21,22,23). The summed E-state index contributed by atoms with van der Waals surface area (Å²) in [6, 6.07) is 4.88. The molecule has 0 saturated carbocycles. The van der Waals surface area contributed by atoms with Crippen LogP contribution in [0.1, 0.15) is 32.8 Å². The highest BCUT2D eigenvalue weighted by Gasteiger charge is 2.06. The van der Waals surface area contributed by atoms with Gasteiger partial charge in [0, 0.05) is 42.7 Å². The zero-order valence-electron chi connectivity index (χ0n) is 15.7. The smallest absolute Gasteiger partial charge is 0.222 e. The van der Waals surface area contributed by atoms with Gasteiger partial charge in [0.15, 0.2) is 5.96 Å². The van der Waals surface area contributed by atoms with Crippen LogP contribution < -0.4 is 16.0 Å². The van der Waals surface area contributed by atoms with Gasteiger partial charge in [-0.3, -0.25) is 9.79 Å². The Labute approximate surface area is 153 Å². The zero-order chi connectivity index (χ0) is 18.9. The van der Waals surface area contributed by atoms with E-state index >= 15 is 0 Å². The molecule has 2 rings (SSSR count). The summed E-state index contributed by atoms with van der Waals surface area (Å²) in [5.74, 6) is 0.442. The van der Waals surface area contributed by atoms with Crippen molar-refractivity contribution < 1.29 is 9.18 Å². The lowest BCUT2D eigenvalue weighted by atomic mass is 10.1. The average Bonchev–Trinajstić information content (AvgIpc) is 2.96. The molecule has 1 aromatic carbocycles. The summed E-state index contributed by atoms with van der Waals surface area (Å²) in [5, 5.41) is 10.2. The summed E-state index contributed by atoms with van der Waals surface area (Å²) in [4.78, 5) is 19.2. The zero-order valence-corrected chi connectivity index (χ0v) is 15.7. The predicted molar refractivity (Wildman–Crippen MR) is 104 cm³/mol. The lowest BCUT2D eigenvalue weighted by Gasteiger charge is -2.11. The van der Waals surface area contributed by atoms with Crippen LogP contribution in [0.3, 0.4) is 0 Å². The van der Waals surface area contributed by atoms with Crippen molar-refractivity contribution >= 4 is 22.8 Å². The molecule has 0 bridgehead atoms. The predicted octanol–water partition coefficient (Wildman–Crippen LogP) is 2.32. The molecule has 0 aliphatic heterocycles. The number of aromatic amines is 1. The fourth-order valence-corrected chi connectivity index (χ4v) is 2.68. The van der Waals surface area contributed by atoms with Gasteiger partial charge in [0.2, 0.25) is 5.91 Å². The number of carbonyl (C=O) groups excluding carboxylic acids is 1. The first-order valence-electron chi connectivity index (χ1n) is 9.06. The minimum absolute atomic E-state index is 0.000387. The van der Waals surface area contributed by atoms with Crippen LogP contribution in [0.4, 0.5) is 4.39 Å². The number of hydrogen-bond acceptors (Lipinski definition) is 2. The number of aromatic nitrogens is 1. The molecule has 0 radical (unpaired) electrons. The molecule has 4 N–H and O–H groups in total. The minimum Gasteiger partial charge on any atom is -0.361 e. The summed E-state index contributed by atoms with van der Waals surface area (Å²) in [6.07, 6.45) is 3.00. The first kappa shape index (κ1) is 19.8.